The van der Waals surface area contributed by atoms with Crippen LogP contribution in [-0.4, -0.2) is 11.0 Å². The van der Waals surface area contributed by atoms with Crippen molar-refractivity contribution in [1.82, 2.24) is 12.3 Å². The van der Waals surface area contributed by atoms with Gasteiger partial charge in [-0.2, -0.15) is 0 Å². The van der Waals surface area contributed by atoms with Crippen LogP contribution in [0.25, 0.3) is 0 Å². The minimum Gasteiger partial charge on any atom is -1.00 e. The van der Waals surface area contributed by atoms with Gasteiger partial charge in [-0.15, -0.1) is 0 Å². The van der Waals surface area contributed by atoms with Crippen molar-refractivity contribution >= 4 is 0 Å². The van der Waals surface area contributed by atoms with E-state index in [9.17, 15) is 0 Å². The summed E-state index contributed by atoms with van der Waals surface area (Å²) in [6, 6.07) is 0. The van der Waals surface area contributed by atoms with Gasteiger partial charge in [-0.3, -0.25) is 0 Å². The summed E-state index contributed by atoms with van der Waals surface area (Å²) in [6.45, 7) is 0. The predicted octanol–water partition coefficient (Wildman–Crippen LogP) is -6.02. The van der Waals surface area contributed by atoms with E-state index in [1.807, 2.05) is 0 Å². The summed E-state index contributed by atoms with van der Waals surface area (Å²) in [4.78, 5) is 0. The van der Waals surface area contributed by atoms with Gasteiger partial charge in [-0.1, -0.05) is 0 Å². The van der Waals surface area contributed by atoms with Gasteiger partial charge in [0.1, 0.15) is 0 Å². The van der Waals surface area contributed by atoms with E-state index in [0.717, 1.165) is 0 Å². The first-order chi connectivity index (χ1) is 0. The van der Waals surface area contributed by atoms with Crippen LogP contribution in [0.4, 0.5) is 0 Å². The Morgan fingerprint density at radius 3 is 0.571 bits per heavy atom. The van der Waals surface area contributed by atoms with E-state index in [1.54, 1.807) is 0 Å². The molecule has 8 N–H and O–H groups in total. The van der Waals surface area contributed by atoms with Gasteiger partial charge in [0.05, 0.1) is 0 Å². The molecule has 0 saturated carbocycles. The molecule has 0 aromatic heterocycles. The van der Waals surface area contributed by atoms with Gasteiger partial charge in [0.2, 0.25) is 0 Å². The summed E-state index contributed by atoms with van der Waals surface area (Å²) in [5, 5.41) is 0. The van der Waals surface area contributed by atoms with Crippen LogP contribution in [0.15, 0.2) is 0 Å². The summed E-state index contributed by atoms with van der Waals surface area (Å²) >= 11 is 0. The Morgan fingerprint density at radius 2 is 0.571 bits per heavy atom. The van der Waals surface area contributed by atoms with Crippen molar-refractivity contribution in [2.75, 3.05) is 0 Å². The Hall–Kier alpha value is 1.11. The number of halogens is 2. The van der Waals surface area contributed by atoms with Crippen LogP contribution in [0.3, 0.4) is 0 Å². The zero-order valence-corrected chi connectivity index (χ0v) is 7.16. The molecular weight excluding hydrogens is 326 g/mol. The third-order valence-electron chi connectivity index (χ3n) is 0. The molecule has 0 aromatic rings. The van der Waals surface area contributed by atoms with Gasteiger partial charge in [0, 0.05) is 0 Å². The van der Waals surface area contributed by atoms with E-state index >= 15 is 0 Å². The van der Waals surface area contributed by atoms with E-state index in [1.165, 1.54) is 0 Å². The second kappa shape index (κ2) is 216. The maximum atomic E-state index is 0. The molecule has 0 amide bonds. The van der Waals surface area contributed by atoms with Crippen molar-refractivity contribution in [3.05, 3.63) is 0 Å². The molecule has 0 atom stereocenters. The van der Waals surface area contributed by atoms with Crippen molar-refractivity contribution in [1.29, 1.82) is 0 Å². The molecule has 0 bridgehead atoms. The van der Waals surface area contributed by atoms with Crippen LogP contribution in [-0.2, 0) is 21.1 Å². The van der Waals surface area contributed by atoms with Gasteiger partial charge < -0.3 is 48.1 Å². The van der Waals surface area contributed by atoms with Crippen molar-refractivity contribution in [3.8, 4) is 0 Å². The van der Waals surface area contributed by atoms with E-state index in [0.29, 0.717) is 0 Å². The van der Waals surface area contributed by atoms with Gasteiger partial charge in [0.25, 0.3) is 0 Å². The third-order valence-corrected chi connectivity index (χ3v) is 0. The summed E-state index contributed by atoms with van der Waals surface area (Å²) in [5.74, 6) is 0. The molecule has 0 aliphatic rings. The summed E-state index contributed by atoms with van der Waals surface area (Å²) < 4.78 is 0. The first kappa shape index (κ1) is 334. The average molecular weight is 334 g/mol. The van der Waals surface area contributed by atoms with Crippen molar-refractivity contribution in [2.24, 2.45) is 0 Å². The number of hydrogen-bond acceptors (Lipinski definition) is 4. The average Bonchev–Trinajstić information content (AvgIpc) is 0. The zero-order chi connectivity index (χ0) is 0. The fourth-order valence-corrected chi connectivity index (χ4v) is 0. The molecule has 0 rings (SSSR count). The van der Waals surface area contributed by atoms with E-state index in [-0.39, 0.29) is 69.1 Å². The van der Waals surface area contributed by atoms with E-state index in [4.69, 9.17) is 0 Å². The molecule has 0 radical (unpaired) electrons. The summed E-state index contributed by atoms with van der Waals surface area (Å²) in [5.41, 5.74) is 0. The Bertz CT molecular complexity index is 13.7. The molecule has 0 unspecified atom stereocenters. The largest absolute Gasteiger partial charge is 4.00 e. The van der Waals surface area contributed by atoms with Gasteiger partial charge in [-0.25, -0.2) is 0 Å². The SMILES string of the molecule is N.N.[Cl-].[Cl-].[OH-].[OH-].[Pt+4]. The van der Waals surface area contributed by atoms with E-state index in [2.05, 4.69) is 0 Å². The smallest absolute Gasteiger partial charge is 1.00 e. The predicted molar refractivity (Wildman–Crippen MR) is 13.9 cm³/mol. The van der Waals surface area contributed by atoms with Gasteiger partial charge in [-0.05, 0) is 0 Å². The Morgan fingerprint density at radius 1 is 0.571 bits per heavy atom. The van der Waals surface area contributed by atoms with Crippen LogP contribution in [0.2, 0.25) is 0 Å². The van der Waals surface area contributed by atoms with Crippen LogP contribution in [0.1, 0.15) is 0 Å². The van der Waals surface area contributed by atoms with Crippen molar-refractivity contribution in [3.63, 3.8) is 0 Å². The second-order valence-corrected chi connectivity index (χ2v) is 0. The molecule has 0 spiro atoms. The van der Waals surface area contributed by atoms with Crippen molar-refractivity contribution < 1.29 is 56.8 Å². The topological polar surface area (TPSA) is 130 Å². The monoisotopic (exact) mass is 333 g/mol. The minimum atomic E-state index is 0. The van der Waals surface area contributed by atoms with Gasteiger partial charge in [0.15, 0.2) is 0 Å². The van der Waals surface area contributed by atoms with Crippen LogP contribution < -0.4 is 37.1 Å². The first-order valence-electron chi connectivity index (χ1n) is 0. The Kier molecular flexibility index (Phi) is 10300. The maximum Gasteiger partial charge on any atom is 4.00 e. The molecule has 7 heteroatoms. The van der Waals surface area contributed by atoms with E-state index < -0.39 is 0 Å². The van der Waals surface area contributed by atoms with Crippen LogP contribution >= 0.6 is 0 Å². The molecular formula is H8Cl2N2O2Pt. The molecule has 0 aromatic carbocycles. The molecule has 0 fully saturated rings. The molecule has 7 heavy (non-hydrogen) atoms. The standard InChI is InChI=1S/2ClH.2H3N.2H2O.Pt/h2*1H;2*1H3;2*1H2;/q;;;;;;+4/p-4. The Balaban J connectivity index is 0. The molecule has 0 heterocycles. The van der Waals surface area contributed by atoms with Crippen molar-refractivity contribution in [2.45, 2.75) is 0 Å². The minimum absolute atomic E-state index is 0. The second-order valence-electron chi connectivity index (χ2n) is 0. The first-order valence-corrected chi connectivity index (χ1v) is 0. The van der Waals surface area contributed by atoms with Gasteiger partial charge >= 0.3 is 21.1 Å². The number of hydrogen-bond donors (Lipinski definition) is 2. The summed E-state index contributed by atoms with van der Waals surface area (Å²) in [7, 11) is 0. The van der Waals surface area contributed by atoms with Crippen LogP contribution in [0, 0.1) is 0 Å². The number of rotatable bonds is 0. The molecule has 54 valence electrons. The normalized spacial score (nSPS) is 0. The quantitative estimate of drug-likeness (QED) is 0.457. The Labute approximate surface area is 69.3 Å². The molecule has 0 saturated heterocycles. The fraction of sp³-hybridized carbons (Fsp3) is 0. The molecule has 4 nitrogen and oxygen atoms in total. The van der Waals surface area contributed by atoms with Crippen LogP contribution in [0.5, 0.6) is 0 Å². The zero-order valence-electron chi connectivity index (χ0n) is 3.38. The summed E-state index contributed by atoms with van der Waals surface area (Å²) in [6.07, 6.45) is 0. The fourth-order valence-electron chi connectivity index (χ4n) is 0. The molecule has 0 aliphatic heterocycles. The maximum absolute atomic E-state index is 0. The molecule has 0 aliphatic carbocycles. The third kappa shape index (κ3) is 151.